The summed E-state index contributed by atoms with van der Waals surface area (Å²) in [4.78, 5) is 25.5. The van der Waals surface area contributed by atoms with E-state index in [4.69, 9.17) is 30.3 Å². The summed E-state index contributed by atoms with van der Waals surface area (Å²) in [6.45, 7) is 2.43. The van der Waals surface area contributed by atoms with Gasteiger partial charge in [0.25, 0.3) is 5.56 Å². The van der Waals surface area contributed by atoms with E-state index in [0.29, 0.717) is 24.6 Å². The Kier molecular flexibility index (Phi) is 4.77. The SMILES string of the molecule is CCC12COC(C(n3cnc4c(=O)[nH]c(N(C)C)nc43)O1)C2O[P+](=S)OC. The van der Waals surface area contributed by atoms with E-state index in [1.165, 1.54) is 7.11 Å². The van der Waals surface area contributed by atoms with Crippen LogP contribution >= 0.6 is 7.15 Å². The summed E-state index contributed by atoms with van der Waals surface area (Å²) in [5.41, 5.74) is -0.244. The largest absolute Gasteiger partial charge is 0.521 e. The topological polar surface area (TPSA) is 104 Å². The molecule has 0 saturated carbocycles. The van der Waals surface area contributed by atoms with Crippen LogP contribution < -0.4 is 10.5 Å². The molecule has 146 valence electrons. The average molecular weight is 414 g/mol. The molecule has 12 heteroatoms. The first kappa shape index (κ1) is 18.9. The van der Waals surface area contributed by atoms with Crippen LogP contribution in [-0.4, -0.2) is 65.1 Å². The standard InChI is InChI=1S/C15H20N5O5PS/c1-5-15-6-23-9(10(15)25-26(27)22-4)13(24-15)20-7-16-8-11(20)17-14(19(2)3)18-12(8)21/h7,9-10,13H,5-6H2,1-4H3/p+1. The van der Waals surface area contributed by atoms with E-state index in [0.717, 1.165) is 0 Å². The van der Waals surface area contributed by atoms with Crippen molar-refractivity contribution in [3.63, 3.8) is 0 Å². The highest BCUT2D eigenvalue weighted by Gasteiger charge is 2.64. The minimum absolute atomic E-state index is 0.248. The fourth-order valence-corrected chi connectivity index (χ4v) is 4.41. The molecular weight excluding hydrogens is 393 g/mol. The molecule has 0 aliphatic carbocycles. The Balaban J connectivity index is 1.76. The zero-order valence-corrected chi connectivity index (χ0v) is 17.1. The summed E-state index contributed by atoms with van der Waals surface area (Å²) >= 11 is 5.21. The van der Waals surface area contributed by atoms with E-state index >= 15 is 0 Å². The Morgan fingerprint density at radius 1 is 1.56 bits per heavy atom. The number of hydrogen-bond acceptors (Lipinski definition) is 9. The fraction of sp³-hybridized carbons (Fsp3) is 0.667. The highest BCUT2D eigenvalue weighted by Crippen LogP contribution is 2.51. The number of anilines is 1. The minimum atomic E-state index is -1.45. The van der Waals surface area contributed by atoms with Gasteiger partial charge in [-0.25, -0.2) is 4.98 Å². The number of aromatic amines is 1. The lowest BCUT2D eigenvalue weighted by atomic mass is 9.96. The van der Waals surface area contributed by atoms with Crippen molar-refractivity contribution in [2.24, 2.45) is 0 Å². The van der Waals surface area contributed by atoms with Crippen molar-refractivity contribution in [1.82, 2.24) is 19.5 Å². The van der Waals surface area contributed by atoms with Gasteiger partial charge in [0.15, 0.2) is 23.5 Å². The lowest BCUT2D eigenvalue weighted by Crippen LogP contribution is -2.40. The van der Waals surface area contributed by atoms with Crippen molar-refractivity contribution < 1.29 is 18.5 Å². The predicted octanol–water partition coefficient (Wildman–Crippen LogP) is 1.07. The molecule has 27 heavy (non-hydrogen) atoms. The molecular formula is C15H21N5O5PS+. The van der Waals surface area contributed by atoms with E-state index in [9.17, 15) is 4.79 Å². The van der Waals surface area contributed by atoms with Crippen LogP contribution in [0.3, 0.4) is 0 Å². The molecule has 2 bridgehead atoms. The van der Waals surface area contributed by atoms with Crippen molar-refractivity contribution in [1.29, 1.82) is 0 Å². The molecule has 5 unspecified atom stereocenters. The quantitative estimate of drug-likeness (QED) is 0.695. The van der Waals surface area contributed by atoms with E-state index in [1.807, 2.05) is 6.92 Å². The first-order chi connectivity index (χ1) is 12.9. The van der Waals surface area contributed by atoms with Crippen molar-refractivity contribution in [3.8, 4) is 0 Å². The molecule has 2 saturated heterocycles. The monoisotopic (exact) mass is 414 g/mol. The zero-order chi connectivity index (χ0) is 19.3. The fourth-order valence-electron chi connectivity index (χ4n) is 3.55. The predicted molar refractivity (Wildman–Crippen MR) is 102 cm³/mol. The molecule has 1 N–H and O–H groups in total. The number of aromatic nitrogens is 4. The van der Waals surface area contributed by atoms with Crippen LogP contribution in [0.1, 0.15) is 19.6 Å². The van der Waals surface area contributed by atoms with Crippen LogP contribution in [0.5, 0.6) is 0 Å². The van der Waals surface area contributed by atoms with Gasteiger partial charge >= 0.3 is 7.15 Å². The van der Waals surface area contributed by atoms with Crippen LogP contribution in [0.25, 0.3) is 11.2 Å². The molecule has 2 aliphatic heterocycles. The molecule has 4 heterocycles. The summed E-state index contributed by atoms with van der Waals surface area (Å²) in [6.07, 6.45) is 0.969. The van der Waals surface area contributed by atoms with Crippen LogP contribution in [0, 0.1) is 0 Å². The normalized spacial score (nSPS) is 30.2. The lowest BCUT2D eigenvalue weighted by molar-refractivity contribution is -0.172. The Labute approximate surface area is 161 Å². The van der Waals surface area contributed by atoms with Crippen LogP contribution in [0.2, 0.25) is 0 Å². The van der Waals surface area contributed by atoms with Gasteiger partial charge in [-0.05, 0) is 6.42 Å². The average Bonchev–Trinajstić information content (AvgIpc) is 3.31. The summed E-state index contributed by atoms with van der Waals surface area (Å²) in [6, 6.07) is 0. The molecule has 0 radical (unpaired) electrons. The van der Waals surface area contributed by atoms with Crippen molar-refractivity contribution in [2.45, 2.75) is 37.4 Å². The molecule has 2 fully saturated rings. The Bertz CT molecular complexity index is 948. The second-order valence-electron chi connectivity index (χ2n) is 6.74. The number of hydrogen-bond donors (Lipinski definition) is 1. The van der Waals surface area contributed by atoms with Crippen molar-refractivity contribution in [2.75, 3.05) is 32.7 Å². The smallest absolute Gasteiger partial charge is 0.367 e. The summed E-state index contributed by atoms with van der Waals surface area (Å²) in [7, 11) is 3.67. The summed E-state index contributed by atoms with van der Waals surface area (Å²) < 4.78 is 25.2. The number of nitrogens with zero attached hydrogens (tertiary/aromatic N) is 4. The minimum Gasteiger partial charge on any atom is -0.367 e. The van der Waals surface area contributed by atoms with Gasteiger partial charge in [0.1, 0.15) is 11.7 Å². The maximum Gasteiger partial charge on any atom is 0.521 e. The number of rotatable bonds is 6. The third-order valence-electron chi connectivity index (χ3n) is 5.04. The number of nitrogens with one attached hydrogen (secondary N) is 1. The number of ether oxygens (including phenoxy) is 2. The van der Waals surface area contributed by atoms with Crippen LogP contribution in [0.4, 0.5) is 5.95 Å². The Hall–Kier alpha value is -1.49. The molecule has 2 aliphatic rings. The van der Waals surface area contributed by atoms with E-state index in [1.54, 1.807) is 29.9 Å². The van der Waals surface area contributed by atoms with Crippen molar-refractivity contribution >= 4 is 36.1 Å². The Morgan fingerprint density at radius 3 is 3.00 bits per heavy atom. The number of imidazole rings is 1. The second-order valence-corrected chi connectivity index (χ2v) is 8.66. The molecule has 4 rings (SSSR count). The van der Waals surface area contributed by atoms with E-state index in [-0.39, 0.29) is 17.2 Å². The van der Waals surface area contributed by atoms with Crippen LogP contribution in [-0.2, 0) is 30.3 Å². The van der Waals surface area contributed by atoms with E-state index < -0.39 is 25.1 Å². The van der Waals surface area contributed by atoms with E-state index in [2.05, 4.69) is 15.0 Å². The van der Waals surface area contributed by atoms with Crippen LogP contribution in [0.15, 0.2) is 11.1 Å². The van der Waals surface area contributed by atoms with Gasteiger partial charge in [-0.3, -0.25) is 14.3 Å². The third kappa shape index (κ3) is 2.89. The third-order valence-corrected chi connectivity index (χ3v) is 6.44. The maximum atomic E-state index is 12.3. The number of fused-ring (bicyclic) bond motifs is 3. The van der Waals surface area contributed by atoms with Gasteiger partial charge in [0.05, 0.1) is 20.0 Å². The summed E-state index contributed by atoms with van der Waals surface area (Å²) in [5, 5.41) is 0. The maximum absolute atomic E-state index is 12.3. The molecule has 2 aromatic heterocycles. The van der Waals surface area contributed by atoms with Crippen molar-refractivity contribution in [3.05, 3.63) is 16.7 Å². The molecule has 0 amide bonds. The zero-order valence-electron chi connectivity index (χ0n) is 15.4. The van der Waals surface area contributed by atoms with Gasteiger partial charge < -0.3 is 14.4 Å². The van der Waals surface area contributed by atoms with Gasteiger partial charge in [-0.15, -0.1) is 9.05 Å². The van der Waals surface area contributed by atoms with Gasteiger partial charge in [0.2, 0.25) is 17.8 Å². The number of H-pyrrole nitrogens is 1. The molecule has 10 nitrogen and oxygen atoms in total. The highest BCUT2D eigenvalue weighted by molar-refractivity contribution is 8.00. The first-order valence-electron chi connectivity index (χ1n) is 8.52. The highest BCUT2D eigenvalue weighted by atomic mass is 32.4. The molecule has 0 spiro atoms. The van der Waals surface area contributed by atoms with Gasteiger partial charge in [-0.1, -0.05) is 6.92 Å². The Morgan fingerprint density at radius 2 is 2.33 bits per heavy atom. The molecule has 0 aromatic carbocycles. The van der Waals surface area contributed by atoms with Gasteiger partial charge in [-0.2, -0.15) is 4.98 Å². The molecule has 5 atom stereocenters. The lowest BCUT2D eigenvalue weighted by Gasteiger charge is -2.30. The van der Waals surface area contributed by atoms with Gasteiger partial charge in [0, 0.05) is 14.1 Å². The first-order valence-corrected chi connectivity index (χ1v) is 10.7. The summed E-state index contributed by atoms with van der Waals surface area (Å²) in [5.74, 6) is 0.435. The second kappa shape index (κ2) is 6.84. The molecule has 2 aromatic rings.